The van der Waals surface area contributed by atoms with Crippen molar-refractivity contribution in [2.75, 3.05) is 0 Å². The lowest BCUT2D eigenvalue weighted by atomic mass is 9.91. The van der Waals surface area contributed by atoms with E-state index in [1.807, 2.05) is 18.2 Å². The minimum Gasteiger partial charge on any atom is -0.0843 e. The summed E-state index contributed by atoms with van der Waals surface area (Å²) in [7, 11) is 0. The van der Waals surface area contributed by atoms with Crippen LogP contribution in [0.2, 0.25) is 5.02 Å². The van der Waals surface area contributed by atoms with E-state index in [9.17, 15) is 0 Å². The zero-order chi connectivity index (χ0) is 10.7. The van der Waals surface area contributed by atoms with Gasteiger partial charge in [-0.15, -0.1) is 0 Å². The highest BCUT2D eigenvalue weighted by molar-refractivity contribution is 6.30. The zero-order valence-corrected chi connectivity index (χ0v) is 9.67. The van der Waals surface area contributed by atoms with Crippen LogP contribution in [0.4, 0.5) is 0 Å². The number of hydrogen-bond acceptors (Lipinski definition) is 0. The minimum absolute atomic E-state index is 0.590. The average molecular weight is 219 g/mol. The first-order valence-corrected chi connectivity index (χ1v) is 5.80. The van der Waals surface area contributed by atoms with Crippen molar-refractivity contribution in [3.63, 3.8) is 0 Å². The van der Waals surface area contributed by atoms with Crippen LogP contribution in [-0.4, -0.2) is 0 Å². The standard InChI is InChI=1S/C14H15Cl/c1-2-11-5-3-6-12(9-11)13-7-4-8-14(15)10-13/h3-5,7-11H,2,6H2,1H3. The Morgan fingerprint density at radius 3 is 3.00 bits per heavy atom. The molecule has 0 saturated heterocycles. The molecule has 15 heavy (non-hydrogen) atoms. The summed E-state index contributed by atoms with van der Waals surface area (Å²) in [4.78, 5) is 0. The van der Waals surface area contributed by atoms with Gasteiger partial charge in [0.25, 0.3) is 0 Å². The van der Waals surface area contributed by atoms with Crippen LogP contribution in [0.25, 0.3) is 5.57 Å². The van der Waals surface area contributed by atoms with E-state index in [4.69, 9.17) is 11.6 Å². The van der Waals surface area contributed by atoms with E-state index in [1.54, 1.807) is 0 Å². The Labute approximate surface area is 96.3 Å². The number of allylic oxidation sites excluding steroid dienone is 4. The second-order valence-corrected chi connectivity index (χ2v) is 4.34. The van der Waals surface area contributed by atoms with Crippen molar-refractivity contribution >= 4 is 17.2 Å². The Hall–Kier alpha value is -1.01. The predicted octanol–water partition coefficient (Wildman–Crippen LogP) is 4.71. The summed E-state index contributed by atoms with van der Waals surface area (Å²) in [5.41, 5.74) is 2.65. The molecule has 0 fully saturated rings. The van der Waals surface area contributed by atoms with Gasteiger partial charge in [0.2, 0.25) is 0 Å². The number of halogens is 1. The molecular weight excluding hydrogens is 204 g/mol. The maximum Gasteiger partial charge on any atom is 0.0412 e. The fraction of sp³-hybridized carbons (Fsp3) is 0.286. The second-order valence-electron chi connectivity index (χ2n) is 3.91. The quantitative estimate of drug-likeness (QED) is 0.631. The summed E-state index contributed by atoms with van der Waals surface area (Å²) in [5.74, 6) is 0.590. The van der Waals surface area contributed by atoms with Gasteiger partial charge in [0.1, 0.15) is 0 Å². The van der Waals surface area contributed by atoms with Gasteiger partial charge in [-0.2, -0.15) is 0 Å². The van der Waals surface area contributed by atoms with Gasteiger partial charge in [0.15, 0.2) is 0 Å². The van der Waals surface area contributed by atoms with Crippen molar-refractivity contribution in [2.45, 2.75) is 19.8 Å². The van der Waals surface area contributed by atoms with Crippen LogP contribution >= 0.6 is 11.6 Å². The Bertz CT molecular complexity index is 402. The Morgan fingerprint density at radius 1 is 1.40 bits per heavy atom. The largest absolute Gasteiger partial charge is 0.0843 e. The fourth-order valence-corrected chi connectivity index (χ4v) is 2.10. The molecule has 1 aliphatic rings. The van der Waals surface area contributed by atoms with Crippen LogP contribution in [0.3, 0.4) is 0 Å². The van der Waals surface area contributed by atoms with E-state index < -0.39 is 0 Å². The van der Waals surface area contributed by atoms with Gasteiger partial charge in [0.05, 0.1) is 0 Å². The third-order valence-electron chi connectivity index (χ3n) is 2.80. The smallest absolute Gasteiger partial charge is 0.0412 e. The first-order chi connectivity index (χ1) is 7.29. The van der Waals surface area contributed by atoms with Crippen molar-refractivity contribution in [1.29, 1.82) is 0 Å². The fourth-order valence-electron chi connectivity index (χ4n) is 1.91. The van der Waals surface area contributed by atoms with Crippen LogP contribution < -0.4 is 0 Å². The third-order valence-corrected chi connectivity index (χ3v) is 3.04. The van der Waals surface area contributed by atoms with Crippen LogP contribution in [-0.2, 0) is 0 Å². The molecule has 1 aromatic carbocycles. The SMILES string of the molecule is CCC1C=CCC(c2cccc(Cl)c2)=C1. The molecule has 0 N–H and O–H groups in total. The third kappa shape index (κ3) is 2.51. The molecule has 0 bridgehead atoms. The molecule has 0 heterocycles. The summed E-state index contributed by atoms with van der Waals surface area (Å²) in [6.45, 7) is 2.21. The Kier molecular flexibility index (Phi) is 3.27. The molecule has 0 amide bonds. The molecule has 1 unspecified atom stereocenters. The first kappa shape index (κ1) is 10.5. The highest BCUT2D eigenvalue weighted by atomic mass is 35.5. The Morgan fingerprint density at radius 2 is 2.27 bits per heavy atom. The van der Waals surface area contributed by atoms with E-state index in [2.05, 4.69) is 31.2 Å². The summed E-state index contributed by atoms with van der Waals surface area (Å²) in [6.07, 6.45) is 9.08. The highest BCUT2D eigenvalue weighted by Gasteiger charge is 2.08. The lowest BCUT2D eigenvalue weighted by molar-refractivity contribution is 0.764. The molecule has 1 aliphatic carbocycles. The van der Waals surface area contributed by atoms with Gasteiger partial charge in [0, 0.05) is 5.02 Å². The van der Waals surface area contributed by atoms with Crippen LogP contribution in [0, 0.1) is 5.92 Å². The molecule has 0 saturated carbocycles. The normalized spacial score (nSPS) is 20.1. The van der Waals surface area contributed by atoms with Crippen LogP contribution in [0.15, 0.2) is 42.5 Å². The number of rotatable bonds is 2. The first-order valence-electron chi connectivity index (χ1n) is 5.43. The monoisotopic (exact) mass is 218 g/mol. The van der Waals surface area contributed by atoms with Gasteiger partial charge in [-0.1, -0.05) is 48.9 Å². The van der Waals surface area contributed by atoms with Crippen molar-refractivity contribution in [1.82, 2.24) is 0 Å². The summed E-state index contributed by atoms with van der Waals surface area (Å²) >= 11 is 5.99. The van der Waals surface area contributed by atoms with E-state index in [-0.39, 0.29) is 0 Å². The molecule has 0 spiro atoms. The minimum atomic E-state index is 0.590. The summed E-state index contributed by atoms with van der Waals surface area (Å²) < 4.78 is 0. The molecule has 0 aromatic heterocycles. The molecule has 2 rings (SSSR count). The average Bonchev–Trinajstić information content (AvgIpc) is 2.29. The number of benzene rings is 1. The Balaban J connectivity index is 2.28. The van der Waals surface area contributed by atoms with E-state index in [0.29, 0.717) is 5.92 Å². The van der Waals surface area contributed by atoms with Crippen LogP contribution in [0.5, 0.6) is 0 Å². The van der Waals surface area contributed by atoms with Crippen LogP contribution in [0.1, 0.15) is 25.3 Å². The highest BCUT2D eigenvalue weighted by Crippen LogP contribution is 2.28. The molecule has 78 valence electrons. The zero-order valence-electron chi connectivity index (χ0n) is 8.91. The molecule has 1 atom stereocenters. The molecule has 1 heteroatoms. The van der Waals surface area contributed by atoms with Crippen molar-refractivity contribution in [3.05, 3.63) is 53.1 Å². The van der Waals surface area contributed by atoms with E-state index in [0.717, 1.165) is 11.4 Å². The van der Waals surface area contributed by atoms with Crippen molar-refractivity contribution in [2.24, 2.45) is 5.92 Å². The van der Waals surface area contributed by atoms with Gasteiger partial charge >= 0.3 is 0 Å². The maximum atomic E-state index is 5.99. The van der Waals surface area contributed by atoms with Crippen molar-refractivity contribution < 1.29 is 0 Å². The topological polar surface area (TPSA) is 0 Å². The molecule has 0 radical (unpaired) electrons. The molecular formula is C14H15Cl. The molecule has 1 aromatic rings. The van der Waals surface area contributed by atoms with Crippen molar-refractivity contribution in [3.8, 4) is 0 Å². The summed E-state index contributed by atoms with van der Waals surface area (Å²) in [6, 6.07) is 8.10. The summed E-state index contributed by atoms with van der Waals surface area (Å²) in [5, 5.41) is 0.816. The van der Waals surface area contributed by atoms with Gasteiger partial charge in [-0.3, -0.25) is 0 Å². The molecule has 0 nitrogen and oxygen atoms in total. The lowest BCUT2D eigenvalue weighted by Crippen LogP contribution is -1.97. The number of hydrogen-bond donors (Lipinski definition) is 0. The second kappa shape index (κ2) is 4.67. The molecule has 0 aliphatic heterocycles. The maximum absolute atomic E-state index is 5.99. The van der Waals surface area contributed by atoms with Gasteiger partial charge < -0.3 is 0 Å². The predicted molar refractivity (Wildman–Crippen MR) is 67.0 cm³/mol. The van der Waals surface area contributed by atoms with Gasteiger partial charge in [-0.25, -0.2) is 0 Å². The van der Waals surface area contributed by atoms with Gasteiger partial charge in [-0.05, 0) is 42.0 Å². The van der Waals surface area contributed by atoms with E-state index >= 15 is 0 Å². The van der Waals surface area contributed by atoms with E-state index in [1.165, 1.54) is 17.6 Å². The lowest BCUT2D eigenvalue weighted by Gasteiger charge is -2.15.